The molecule has 5 aliphatic carbocycles. The number of aliphatic hydroxyl groups excluding tert-OH is 2. The molecule has 0 aromatic heterocycles. The number of rotatable bonds is 2. The van der Waals surface area contributed by atoms with Crippen molar-refractivity contribution in [3.05, 3.63) is 23.3 Å². The van der Waals surface area contributed by atoms with Crippen molar-refractivity contribution in [2.45, 2.75) is 98.5 Å². The monoisotopic (exact) mass is 456 g/mol. The number of carbonyl (C=O) groups is 1. The summed E-state index contributed by atoms with van der Waals surface area (Å²) >= 11 is 0. The molecular weight excluding hydrogens is 412 g/mol. The van der Waals surface area contributed by atoms with Crippen LogP contribution in [0.25, 0.3) is 0 Å². The van der Waals surface area contributed by atoms with E-state index in [4.69, 9.17) is 0 Å². The first kappa shape index (κ1) is 23.6. The molecule has 5 aliphatic rings. The van der Waals surface area contributed by atoms with Gasteiger partial charge in [0.1, 0.15) is 0 Å². The highest BCUT2D eigenvalue weighted by atomic mass is 16.4. The summed E-state index contributed by atoms with van der Waals surface area (Å²) in [6.45, 7) is 11.7. The molecule has 0 amide bonds. The zero-order valence-corrected chi connectivity index (χ0v) is 21.3. The van der Waals surface area contributed by atoms with Gasteiger partial charge < -0.3 is 15.3 Å². The van der Waals surface area contributed by atoms with Crippen molar-refractivity contribution in [3.8, 4) is 0 Å². The number of carboxylic acids is 1. The summed E-state index contributed by atoms with van der Waals surface area (Å²) in [7, 11) is 0. The maximum absolute atomic E-state index is 12.6. The van der Waals surface area contributed by atoms with Gasteiger partial charge in [-0.2, -0.15) is 0 Å². The van der Waals surface area contributed by atoms with Gasteiger partial charge in [-0.15, -0.1) is 0 Å². The van der Waals surface area contributed by atoms with Gasteiger partial charge in [0.25, 0.3) is 0 Å². The van der Waals surface area contributed by atoms with Gasteiger partial charge >= 0.3 is 5.97 Å². The number of carboxylic acid groups (broad SMARTS) is 1. The lowest BCUT2D eigenvalue weighted by Crippen LogP contribution is -2.65. The molecule has 9 atom stereocenters. The topological polar surface area (TPSA) is 77.8 Å². The summed E-state index contributed by atoms with van der Waals surface area (Å²) in [5, 5.41) is 31.6. The Labute approximate surface area is 199 Å². The van der Waals surface area contributed by atoms with E-state index in [0.29, 0.717) is 18.3 Å². The van der Waals surface area contributed by atoms with Crippen molar-refractivity contribution in [2.75, 3.05) is 6.61 Å². The molecule has 0 bridgehead atoms. The summed E-state index contributed by atoms with van der Waals surface area (Å²) in [4.78, 5) is 12.6. The summed E-state index contributed by atoms with van der Waals surface area (Å²) in [6.07, 6.45) is 12.4. The van der Waals surface area contributed by atoms with Crippen LogP contribution in [0.15, 0.2) is 23.3 Å². The van der Waals surface area contributed by atoms with Crippen LogP contribution < -0.4 is 0 Å². The molecule has 4 nitrogen and oxygen atoms in total. The molecule has 4 heteroatoms. The lowest BCUT2D eigenvalue weighted by atomic mass is 9.34. The lowest BCUT2D eigenvalue weighted by molar-refractivity contribution is -0.214. The molecule has 2 unspecified atom stereocenters. The Morgan fingerprint density at radius 1 is 1.03 bits per heavy atom. The molecule has 0 saturated heterocycles. The minimum atomic E-state index is -0.639. The fourth-order valence-corrected chi connectivity index (χ4v) is 10.1. The van der Waals surface area contributed by atoms with E-state index in [-0.39, 0.29) is 28.8 Å². The minimum absolute atomic E-state index is 0.0107. The maximum atomic E-state index is 12.6. The second kappa shape index (κ2) is 7.20. The van der Waals surface area contributed by atoms with Crippen LogP contribution in [0.3, 0.4) is 0 Å². The van der Waals surface area contributed by atoms with Gasteiger partial charge in [-0.25, -0.2) is 0 Å². The van der Waals surface area contributed by atoms with Gasteiger partial charge in [0.15, 0.2) is 0 Å². The van der Waals surface area contributed by atoms with Gasteiger partial charge in [0.2, 0.25) is 0 Å². The Morgan fingerprint density at radius 3 is 2.42 bits per heavy atom. The van der Waals surface area contributed by atoms with Gasteiger partial charge in [-0.05, 0) is 92.8 Å². The Balaban J connectivity index is 1.60. The van der Waals surface area contributed by atoms with Crippen molar-refractivity contribution in [1.82, 2.24) is 0 Å². The lowest BCUT2D eigenvalue weighted by Gasteiger charge is -2.70. The maximum Gasteiger partial charge on any atom is 0.310 e. The van der Waals surface area contributed by atoms with E-state index in [9.17, 15) is 20.1 Å². The number of hydrogen-bond acceptors (Lipinski definition) is 3. The van der Waals surface area contributed by atoms with E-state index in [1.807, 2.05) is 0 Å². The van der Waals surface area contributed by atoms with Crippen molar-refractivity contribution < 1.29 is 20.1 Å². The quantitative estimate of drug-likeness (QED) is 0.463. The van der Waals surface area contributed by atoms with E-state index >= 15 is 0 Å². The van der Waals surface area contributed by atoms with Crippen molar-refractivity contribution in [2.24, 2.45) is 44.8 Å². The van der Waals surface area contributed by atoms with Crippen LogP contribution >= 0.6 is 0 Å². The third-order valence-corrected chi connectivity index (χ3v) is 12.5. The molecular formula is C29H44O4. The van der Waals surface area contributed by atoms with Crippen molar-refractivity contribution >= 4 is 5.97 Å². The van der Waals surface area contributed by atoms with E-state index in [1.165, 1.54) is 11.1 Å². The van der Waals surface area contributed by atoms with E-state index in [1.54, 1.807) is 0 Å². The average Bonchev–Trinajstić information content (AvgIpc) is 2.77. The zero-order chi connectivity index (χ0) is 24.0. The Hall–Kier alpha value is -1.13. The molecule has 5 rings (SSSR count). The largest absolute Gasteiger partial charge is 0.481 e. The molecule has 3 fully saturated rings. The highest BCUT2D eigenvalue weighted by Crippen LogP contribution is 2.75. The van der Waals surface area contributed by atoms with Crippen LogP contribution in [0.2, 0.25) is 0 Å². The first-order valence-electron chi connectivity index (χ1n) is 13.3. The number of allylic oxidation sites excluding steroid dienone is 4. The standard InChI is InChI=1S/C29H44O4/c1-18-8-13-29(24(32)33)15-14-27(4)19(20(29)16-18)6-7-22-25(2)11-10-23(31)26(3,17-30)21(25)9-12-28(22,27)5/h6,8,20-23,30-31H,7,9-17H2,1-5H3,(H,32,33)/t20-,21?,22-,23+,25+,26?,27-,28-,29+/m1/s1. The third-order valence-electron chi connectivity index (χ3n) is 12.5. The summed E-state index contributed by atoms with van der Waals surface area (Å²) < 4.78 is 0. The fourth-order valence-electron chi connectivity index (χ4n) is 10.1. The third kappa shape index (κ3) is 2.74. The SMILES string of the molecule is CC1=CC[C@]2(C(=O)O)CC[C@]3(C)C(=CC[C@@H]4[C@@]5(C)CC[C@H](O)C(C)(CO)C5CC[C@]43C)[C@H]2C1. The molecule has 3 saturated carbocycles. The van der Waals surface area contributed by atoms with Crippen LogP contribution in [-0.4, -0.2) is 34.0 Å². The number of fused-ring (bicyclic) bond motifs is 7. The Morgan fingerprint density at radius 2 is 1.76 bits per heavy atom. The first-order valence-corrected chi connectivity index (χ1v) is 13.3. The number of aliphatic carboxylic acids is 1. The Bertz CT molecular complexity index is 921. The van der Waals surface area contributed by atoms with Gasteiger partial charge in [0.05, 0.1) is 18.1 Å². The molecule has 0 radical (unpaired) electrons. The molecule has 3 N–H and O–H groups in total. The molecule has 0 aliphatic heterocycles. The highest BCUT2D eigenvalue weighted by Gasteiger charge is 2.69. The van der Waals surface area contributed by atoms with Gasteiger partial charge in [-0.1, -0.05) is 51.0 Å². The van der Waals surface area contributed by atoms with Gasteiger partial charge in [-0.3, -0.25) is 4.79 Å². The fraction of sp³-hybridized carbons (Fsp3) is 0.828. The van der Waals surface area contributed by atoms with Crippen molar-refractivity contribution in [3.63, 3.8) is 0 Å². The van der Waals surface area contributed by atoms with Gasteiger partial charge in [0, 0.05) is 11.3 Å². The van der Waals surface area contributed by atoms with E-state index in [0.717, 1.165) is 51.4 Å². The number of aliphatic hydroxyl groups is 2. The van der Waals surface area contributed by atoms with Crippen LogP contribution in [-0.2, 0) is 4.79 Å². The smallest absolute Gasteiger partial charge is 0.310 e. The average molecular weight is 457 g/mol. The minimum Gasteiger partial charge on any atom is -0.481 e. The Kier molecular flexibility index (Phi) is 5.15. The van der Waals surface area contributed by atoms with Crippen LogP contribution in [0.5, 0.6) is 0 Å². The van der Waals surface area contributed by atoms with Crippen LogP contribution in [0, 0.1) is 44.8 Å². The molecule has 33 heavy (non-hydrogen) atoms. The molecule has 0 heterocycles. The second-order valence-electron chi connectivity index (χ2n) is 13.5. The van der Waals surface area contributed by atoms with Crippen molar-refractivity contribution in [1.29, 1.82) is 0 Å². The van der Waals surface area contributed by atoms with Crippen LogP contribution in [0.1, 0.15) is 92.4 Å². The zero-order valence-electron chi connectivity index (χ0n) is 21.3. The second-order valence-corrected chi connectivity index (χ2v) is 13.5. The predicted octanol–water partition coefficient (Wildman–Crippen LogP) is 5.74. The molecule has 0 aromatic rings. The van der Waals surface area contributed by atoms with E-state index < -0.39 is 22.9 Å². The normalized spacial score (nSPS) is 53.5. The summed E-state index contributed by atoms with van der Waals surface area (Å²) in [5.74, 6) is 0.311. The summed E-state index contributed by atoms with van der Waals surface area (Å²) in [5.41, 5.74) is 1.90. The van der Waals surface area contributed by atoms with Crippen LogP contribution in [0.4, 0.5) is 0 Å². The molecule has 0 spiro atoms. The summed E-state index contributed by atoms with van der Waals surface area (Å²) in [6, 6.07) is 0. The van der Waals surface area contributed by atoms with E-state index in [2.05, 4.69) is 46.8 Å². The molecule has 184 valence electrons. The highest BCUT2D eigenvalue weighted by molar-refractivity contribution is 5.77. The first-order chi connectivity index (χ1) is 15.4. The molecule has 0 aromatic carbocycles. The predicted molar refractivity (Wildman–Crippen MR) is 129 cm³/mol. The number of hydrogen-bond donors (Lipinski definition) is 3.